The molecule has 10 nitrogen and oxygen atoms in total. The van der Waals surface area contributed by atoms with E-state index < -0.39 is 15.9 Å². The van der Waals surface area contributed by atoms with Gasteiger partial charge in [-0.15, -0.1) is 4.40 Å². The highest BCUT2D eigenvalue weighted by Gasteiger charge is 2.29. The number of hydrogen-bond donors (Lipinski definition) is 3. The van der Waals surface area contributed by atoms with Crippen molar-refractivity contribution in [3.05, 3.63) is 84.8 Å². The summed E-state index contributed by atoms with van der Waals surface area (Å²) in [5, 5.41) is 12.1. The molecule has 0 spiro atoms. The first-order valence-corrected chi connectivity index (χ1v) is 11.4. The molecule has 1 aliphatic heterocycles. The van der Waals surface area contributed by atoms with Crippen LogP contribution < -0.4 is 10.6 Å². The molecule has 0 fully saturated rings. The maximum Gasteiger partial charge on any atom is 0.287 e. The van der Waals surface area contributed by atoms with E-state index in [2.05, 4.69) is 30.2 Å². The summed E-state index contributed by atoms with van der Waals surface area (Å²) in [6, 6.07) is 14.3. The lowest BCUT2D eigenvalue weighted by Gasteiger charge is -2.20. The summed E-state index contributed by atoms with van der Waals surface area (Å²) in [5.74, 6) is -0.881. The van der Waals surface area contributed by atoms with Crippen molar-refractivity contribution in [2.75, 3.05) is 11.9 Å². The summed E-state index contributed by atoms with van der Waals surface area (Å²) < 4.78 is 34.7. The van der Waals surface area contributed by atoms with Gasteiger partial charge in [-0.25, -0.2) is 4.98 Å². The molecule has 1 atom stereocenters. The van der Waals surface area contributed by atoms with Crippen molar-refractivity contribution in [3.63, 3.8) is 0 Å². The fraction of sp³-hybridized carbons (Fsp3) is 0.0909. The first-order chi connectivity index (χ1) is 16.0. The van der Waals surface area contributed by atoms with Gasteiger partial charge in [0.1, 0.15) is 11.2 Å². The molecule has 0 saturated carbocycles. The number of rotatable bonds is 6. The maximum atomic E-state index is 12.8. The van der Waals surface area contributed by atoms with Gasteiger partial charge < -0.3 is 15.1 Å². The van der Waals surface area contributed by atoms with Crippen LogP contribution in [0.1, 0.15) is 17.4 Å². The van der Waals surface area contributed by atoms with E-state index in [9.17, 15) is 13.2 Å². The molecule has 166 valence electrons. The number of nitrogens with one attached hydrogen (secondary N) is 3. The van der Waals surface area contributed by atoms with Crippen LogP contribution in [0.3, 0.4) is 0 Å². The number of nitrogens with zero attached hydrogens (tertiary/aromatic N) is 3. The Bertz CT molecular complexity index is 1420. The van der Waals surface area contributed by atoms with Gasteiger partial charge in [-0.05, 0) is 23.3 Å². The van der Waals surface area contributed by atoms with E-state index in [1.165, 1.54) is 18.5 Å². The Hall–Kier alpha value is -4.25. The summed E-state index contributed by atoms with van der Waals surface area (Å²) in [6.07, 6.45) is 6.23. The van der Waals surface area contributed by atoms with E-state index >= 15 is 0 Å². The zero-order valence-corrected chi connectivity index (χ0v) is 17.9. The highest BCUT2D eigenvalue weighted by Crippen LogP contribution is 2.32. The molecule has 0 aliphatic carbocycles. The van der Waals surface area contributed by atoms with Gasteiger partial charge in [-0.1, -0.05) is 36.4 Å². The molecule has 0 radical (unpaired) electrons. The Kier molecular flexibility index (Phi) is 5.23. The number of sulfonamides is 1. The fourth-order valence-corrected chi connectivity index (χ4v) is 4.70. The Morgan fingerprint density at radius 1 is 1.12 bits per heavy atom. The van der Waals surface area contributed by atoms with E-state index in [0.717, 1.165) is 11.1 Å². The maximum absolute atomic E-state index is 12.8. The smallest absolute Gasteiger partial charge is 0.287 e. The molecule has 33 heavy (non-hydrogen) atoms. The number of H-pyrrole nitrogens is 1. The number of aromatic amines is 1. The first-order valence-electron chi connectivity index (χ1n) is 9.99. The molecule has 2 aromatic heterocycles. The average molecular weight is 462 g/mol. The van der Waals surface area contributed by atoms with Crippen molar-refractivity contribution in [1.82, 2.24) is 20.5 Å². The van der Waals surface area contributed by atoms with Crippen molar-refractivity contribution in [3.8, 4) is 11.1 Å². The third-order valence-corrected chi connectivity index (χ3v) is 6.51. The number of fused-ring (bicyclic) bond motifs is 1. The summed E-state index contributed by atoms with van der Waals surface area (Å²) in [7, 11) is -4.08. The molecule has 4 aromatic rings. The number of anilines is 1. The van der Waals surface area contributed by atoms with E-state index in [1.54, 1.807) is 24.5 Å². The average Bonchev–Trinajstić information content (AvgIpc) is 3.54. The molecule has 1 aliphatic rings. The van der Waals surface area contributed by atoms with Gasteiger partial charge >= 0.3 is 0 Å². The van der Waals surface area contributed by atoms with Crippen LogP contribution in [0.25, 0.3) is 11.1 Å². The van der Waals surface area contributed by atoms with Crippen molar-refractivity contribution in [1.29, 1.82) is 0 Å². The lowest BCUT2D eigenvalue weighted by Crippen LogP contribution is -2.40. The molecule has 1 unspecified atom stereocenters. The van der Waals surface area contributed by atoms with Gasteiger partial charge in [0.2, 0.25) is 11.7 Å². The molecule has 5 rings (SSSR count). The fourth-order valence-electron chi connectivity index (χ4n) is 3.56. The molecule has 0 saturated heterocycles. The summed E-state index contributed by atoms with van der Waals surface area (Å²) in [6.45, 7) is 0.135. The second-order valence-electron chi connectivity index (χ2n) is 7.28. The number of carbonyl (C=O) groups excluding carboxylic acids is 1. The Balaban J connectivity index is 1.37. The van der Waals surface area contributed by atoms with Crippen LogP contribution >= 0.6 is 0 Å². The molecule has 0 bridgehead atoms. The van der Waals surface area contributed by atoms with Gasteiger partial charge in [-0.3, -0.25) is 9.89 Å². The van der Waals surface area contributed by atoms with Crippen LogP contribution in [0.4, 0.5) is 5.69 Å². The molecular formula is C22H18N6O4S. The Morgan fingerprint density at radius 3 is 2.70 bits per heavy atom. The zero-order chi connectivity index (χ0) is 22.8. The van der Waals surface area contributed by atoms with Crippen molar-refractivity contribution in [2.24, 2.45) is 4.40 Å². The second-order valence-corrected chi connectivity index (χ2v) is 8.85. The number of hydrogen-bond acceptors (Lipinski definition) is 7. The van der Waals surface area contributed by atoms with Gasteiger partial charge in [-0.2, -0.15) is 13.5 Å². The molecule has 1 amide bonds. The first kappa shape index (κ1) is 20.6. The van der Waals surface area contributed by atoms with Crippen LogP contribution in [0, 0.1) is 0 Å². The van der Waals surface area contributed by atoms with Crippen LogP contribution in [0.2, 0.25) is 0 Å². The van der Waals surface area contributed by atoms with Crippen molar-refractivity contribution < 1.29 is 17.6 Å². The van der Waals surface area contributed by atoms with Crippen molar-refractivity contribution >= 4 is 27.5 Å². The topological polar surface area (TPSA) is 142 Å². The number of benzene rings is 2. The standard InChI is InChI=1S/C22H18N6O4S/c29-21(24-13-17(22-23-8-9-32-22)14-4-2-1-3-5-14)20-27-18-7-6-15(16-11-25-26-12-16)10-19(18)33(30,31)28-20/h1-12,17H,13H2,(H,24,29)(H,25,26)(H,27,28). The van der Waals surface area contributed by atoms with Gasteiger partial charge in [0.25, 0.3) is 15.9 Å². The highest BCUT2D eigenvalue weighted by molar-refractivity contribution is 7.90. The molecule has 3 heterocycles. The molecular weight excluding hydrogens is 444 g/mol. The Labute approximate surface area is 188 Å². The van der Waals surface area contributed by atoms with E-state index in [1.807, 2.05) is 30.3 Å². The minimum absolute atomic E-state index is 0.0142. The minimum atomic E-state index is -4.08. The summed E-state index contributed by atoms with van der Waals surface area (Å²) in [5.41, 5.74) is 2.56. The number of oxazole rings is 1. The van der Waals surface area contributed by atoms with Gasteiger partial charge in [0.15, 0.2) is 0 Å². The SMILES string of the molecule is O=C(NCC(c1ccccc1)c1ncco1)C1=NS(=O)(=O)c2cc(-c3cn[nH]c3)ccc2N1. The van der Waals surface area contributed by atoms with Crippen LogP contribution in [0.5, 0.6) is 0 Å². The normalized spacial score (nSPS) is 15.1. The van der Waals surface area contributed by atoms with Crippen LogP contribution in [-0.2, 0) is 14.8 Å². The monoisotopic (exact) mass is 462 g/mol. The third kappa shape index (κ3) is 4.13. The van der Waals surface area contributed by atoms with Crippen molar-refractivity contribution in [2.45, 2.75) is 10.8 Å². The predicted octanol–water partition coefficient (Wildman–Crippen LogP) is 2.53. The minimum Gasteiger partial charge on any atom is -0.448 e. The number of amides is 1. The molecule has 2 aromatic carbocycles. The van der Waals surface area contributed by atoms with Gasteiger partial charge in [0.05, 0.1) is 24.0 Å². The molecule has 3 N–H and O–H groups in total. The Morgan fingerprint density at radius 2 is 1.97 bits per heavy atom. The van der Waals surface area contributed by atoms with E-state index in [-0.39, 0.29) is 28.9 Å². The summed E-state index contributed by atoms with van der Waals surface area (Å²) >= 11 is 0. The van der Waals surface area contributed by atoms with Crippen LogP contribution in [-0.4, -0.2) is 41.9 Å². The van der Waals surface area contributed by atoms with E-state index in [0.29, 0.717) is 11.5 Å². The second kappa shape index (κ2) is 8.36. The zero-order valence-electron chi connectivity index (χ0n) is 17.1. The highest BCUT2D eigenvalue weighted by atomic mass is 32.2. The number of amidine groups is 1. The summed E-state index contributed by atoms with van der Waals surface area (Å²) in [4.78, 5) is 17.0. The lowest BCUT2D eigenvalue weighted by atomic mass is 9.99. The third-order valence-electron chi connectivity index (χ3n) is 5.19. The predicted molar refractivity (Wildman–Crippen MR) is 120 cm³/mol. The number of aromatic nitrogens is 3. The van der Waals surface area contributed by atoms with Crippen LogP contribution in [0.15, 0.2) is 87.1 Å². The molecule has 11 heteroatoms. The lowest BCUT2D eigenvalue weighted by molar-refractivity contribution is -0.114. The number of carbonyl (C=O) groups is 1. The van der Waals surface area contributed by atoms with E-state index in [4.69, 9.17) is 4.42 Å². The van der Waals surface area contributed by atoms with Gasteiger partial charge in [0, 0.05) is 18.3 Å². The quantitative estimate of drug-likeness (QED) is 0.400. The largest absolute Gasteiger partial charge is 0.448 e.